The highest BCUT2D eigenvalue weighted by molar-refractivity contribution is 6.21. The van der Waals surface area contributed by atoms with Crippen LogP contribution in [0, 0.1) is 5.92 Å². The second-order valence-electron chi connectivity index (χ2n) is 4.35. The van der Waals surface area contributed by atoms with Gasteiger partial charge in [-0.25, -0.2) is 0 Å². The van der Waals surface area contributed by atoms with Crippen LogP contribution in [0.15, 0.2) is 24.3 Å². The molecule has 94 valence electrons. The molecule has 1 heterocycles. The number of alkyl halides is 1. The maximum Gasteiger partial charge on any atom is 0.119 e. The fraction of sp³-hybridized carbons (Fsp3) is 0.571. The van der Waals surface area contributed by atoms with Crippen molar-refractivity contribution < 1.29 is 9.47 Å². The average Bonchev–Trinajstić information content (AvgIpc) is 2.40. The van der Waals surface area contributed by atoms with E-state index in [-0.39, 0.29) is 5.38 Å². The second kappa shape index (κ2) is 6.27. The Kier molecular flexibility index (Phi) is 4.69. The highest BCUT2D eigenvalue weighted by atomic mass is 35.5. The zero-order valence-corrected chi connectivity index (χ0v) is 11.0. The third kappa shape index (κ3) is 3.36. The molecule has 1 aliphatic heterocycles. The van der Waals surface area contributed by atoms with E-state index >= 15 is 0 Å². The molecule has 0 radical (unpaired) electrons. The van der Waals surface area contributed by atoms with E-state index in [1.807, 2.05) is 19.1 Å². The van der Waals surface area contributed by atoms with Gasteiger partial charge in [-0.05, 0) is 43.4 Å². The van der Waals surface area contributed by atoms with Crippen molar-refractivity contribution in [1.82, 2.24) is 0 Å². The van der Waals surface area contributed by atoms with Gasteiger partial charge in [0, 0.05) is 13.2 Å². The van der Waals surface area contributed by atoms with Gasteiger partial charge in [-0.2, -0.15) is 0 Å². The molecule has 0 saturated carbocycles. The van der Waals surface area contributed by atoms with Gasteiger partial charge in [0.15, 0.2) is 0 Å². The van der Waals surface area contributed by atoms with Crippen molar-refractivity contribution >= 4 is 11.6 Å². The first-order valence-electron chi connectivity index (χ1n) is 6.26. The topological polar surface area (TPSA) is 18.5 Å². The Hall–Kier alpha value is -0.730. The highest BCUT2D eigenvalue weighted by Crippen LogP contribution is 2.35. The van der Waals surface area contributed by atoms with E-state index < -0.39 is 0 Å². The lowest BCUT2D eigenvalue weighted by molar-refractivity contribution is 0.0650. The lowest BCUT2D eigenvalue weighted by Crippen LogP contribution is -2.19. The smallest absolute Gasteiger partial charge is 0.119 e. The largest absolute Gasteiger partial charge is 0.494 e. The number of hydrogen-bond acceptors (Lipinski definition) is 2. The van der Waals surface area contributed by atoms with Crippen molar-refractivity contribution in [2.45, 2.75) is 25.1 Å². The molecule has 0 N–H and O–H groups in total. The van der Waals surface area contributed by atoms with Crippen molar-refractivity contribution in [2.24, 2.45) is 5.92 Å². The first-order chi connectivity index (χ1) is 8.31. The molecule has 1 unspecified atom stereocenters. The van der Waals surface area contributed by atoms with Gasteiger partial charge < -0.3 is 9.47 Å². The van der Waals surface area contributed by atoms with Gasteiger partial charge in [0.05, 0.1) is 12.0 Å². The van der Waals surface area contributed by atoms with Gasteiger partial charge in [0.1, 0.15) is 5.75 Å². The number of halogens is 1. The molecule has 0 bridgehead atoms. The monoisotopic (exact) mass is 254 g/mol. The molecule has 0 amide bonds. The minimum absolute atomic E-state index is 0.0922. The van der Waals surface area contributed by atoms with Gasteiger partial charge in [0.2, 0.25) is 0 Å². The summed E-state index contributed by atoms with van der Waals surface area (Å²) in [5.41, 5.74) is 1.18. The molecule has 0 spiro atoms. The Balaban J connectivity index is 2.00. The number of benzene rings is 1. The summed E-state index contributed by atoms with van der Waals surface area (Å²) < 4.78 is 10.8. The summed E-state index contributed by atoms with van der Waals surface area (Å²) >= 11 is 6.52. The predicted octanol–water partition coefficient (Wildman–Crippen LogP) is 3.79. The Bertz CT molecular complexity index is 331. The zero-order valence-electron chi connectivity index (χ0n) is 10.2. The summed E-state index contributed by atoms with van der Waals surface area (Å²) in [4.78, 5) is 0. The number of ether oxygens (including phenoxy) is 2. The number of hydrogen-bond donors (Lipinski definition) is 0. The molecular weight excluding hydrogens is 236 g/mol. The van der Waals surface area contributed by atoms with Crippen LogP contribution >= 0.6 is 11.6 Å². The summed E-state index contributed by atoms with van der Waals surface area (Å²) in [5, 5.41) is 0.0922. The van der Waals surface area contributed by atoms with Gasteiger partial charge >= 0.3 is 0 Å². The van der Waals surface area contributed by atoms with E-state index in [4.69, 9.17) is 21.1 Å². The quantitative estimate of drug-likeness (QED) is 0.761. The molecule has 2 nitrogen and oxygen atoms in total. The van der Waals surface area contributed by atoms with Crippen molar-refractivity contribution in [3.8, 4) is 5.75 Å². The third-order valence-electron chi connectivity index (χ3n) is 3.19. The summed E-state index contributed by atoms with van der Waals surface area (Å²) in [5.74, 6) is 1.44. The van der Waals surface area contributed by atoms with E-state index in [2.05, 4.69) is 12.1 Å². The molecule has 0 aromatic heterocycles. The van der Waals surface area contributed by atoms with Gasteiger partial charge in [0.25, 0.3) is 0 Å². The first-order valence-corrected chi connectivity index (χ1v) is 6.69. The Morgan fingerprint density at radius 2 is 1.94 bits per heavy atom. The Morgan fingerprint density at radius 1 is 1.29 bits per heavy atom. The van der Waals surface area contributed by atoms with Crippen LogP contribution < -0.4 is 4.74 Å². The van der Waals surface area contributed by atoms with E-state index in [0.717, 1.165) is 31.8 Å². The van der Waals surface area contributed by atoms with E-state index in [9.17, 15) is 0 Å². The number of rotatable bonds is 4. The van der Waals surface area contributed by atoms with Gasteiger partial charge in [-0.15, -0.1) is 11.6 Å². The molecule has 2 rings (SSSR count). The van der Waals surface area contributed by atoms with Gasteiger partial charge in [-0.3, -0.25) is 0 Å². The summed E-state index contributed by atoms with van der Waals surface area (Å²) in [7, 11) is 0. The summed E-state index contributed by atoms with van der Waals surface area (Å²) in [6, 6.07) is 8.12. The lowest BCUT2D eigenvalue weighted by Gasteiger charge is -2.26. The van der Waals surface area contributed by atoms with Crippen LogP contribution in [0.25, 0.3) is 0 Å². The van der Waals surface area contributed by atoms with E-state index in [0.29, 0.717) is 12.5 Å². The fourth-order valence-electron chi connectivity index (χ4n) is 2.20. The molecule has 1 aromatic rings. The molecule has 0 aliphatic carbocycles. The third-order valence-corrected chi connectivity index (χ3v) is 3.80. The van der Waals surface area contributed by atoms with Crippen LogP contribution in [-0.4, -0.2) is 19.8 Å². The van der Waals surface area contributed by atoms with Gasteiger partial charge in [-0.1, -0.05) is 12.1 Å². The maximum atomic E-state index is 6.52. The molecule has 1 atom stereocenters. The molecule has 17 heavy (non-hydrogen) atoms. The van der Waals surface area contributed by atoms with Crippen molar-refractivity contribution in [3.63, 3.8) is 0 Å². The summed E-state index contributed by atoms with van der Waals surface area (Å²) in [6.45, 7) is 4.36. The summed E-state index contributed by atoms with van der Waals surface area (Å²) in [6.07, 6.45) is 2.11. The Labute approximate surface area is 108 Å². The lowest BCUT2D eigenvalue weighted by atomic mass is 9.92. The van der Waals surface area contributed by atoms with Crippen LogP contribution in [0.2, 0.25) is 0 Å². The second-order valence-corrected chi connectivity index (χ2v) is 4.82. The maximum absolute atomic E-state index is 6.52. The van der Waals surface area contributed by atoms with E-state index in [1.54, 1.807) is 0 Å². The SMILES string of the molecule is CCOc1ccc(C(Cl)C2CCOCC2)cc1. The van der Waals surface area contributed by atoms with Crippen LogP contribution in [0.5, 0.6) is 5.75 Å². The van der Waals surface area contributed by atoms with Crippen molar-refractivity contribution in [2.75, 3.05) is 19.8 Å². The normalized spacial score (nSPS) is 18.9. The first kappa shape index (κ1) is 12.7. The average molecular weight is 255 g/mol. The minimum atomic E-state index is 0.0922. The van der Waals surface area contributed by atoms with Crippen LogP contribution in [0.1, 0.15) is 30.7 Å². The van der Waals surface area contributed by atoms with Crippen molar-refractivity contribution in [3.05, 3.63) is 29.8 Å². The molecule has 1 fully saturated rings. The van der Waals surface area contributed by atoms with Crippen LogP contribution in [-0.2, 0) is 4.74 Å². The van der Waals surface area contributed by atoms with Crippen LogP contribution in [0.4, 0.5) is 0 Å². The fourth-order valence-corrected chi connectivity index (χ4v) is 2.59. The molecule has 1 saturated heterocycles. The molecule has 3 heteroatoms. The van der Waals surface area contributed by atoms with Crippen molar-refractivity contribution in [1.29, 1.82) is 0 Å². The zero-order chi connectivity index (χ0) is 12.1. The predicted molar refractivity (Wildman–Crippen MR) is 69.7 cm³/mol. The highest BCUT2D eigenvalue weighted by Gasteiger charge is 2.23. The minimum Gasteiger partial charge on any atom is -0.494 e. The molecule has 1 aromatic carbocycles. The molecule has 1 aliphatic rings. The van der Waals surface area contributed by atoms with E-state index in [1.165, 1.54) is 5.56 Å². The standard InChI is InChI=1S/C14H19ClO2/c1-2-17-13-5-3-11(4-6-13)14(15)12-7-9-16-10-8-12/h3-6,12,14H,2,7-10H2,1H3. The Morgan fingerprint density at radius 3 is 2.53 bits per heavy atom. The van der Waals surface area contributed by atoms with Crippen LogP contribution in [0.3, 0.4) is 0 Å². The molecular formula is C14H19ClO2.